The molecule has 1 atom stereocenters. The number of hydrogen-bond acceptors (Lipinski definition) is 3. The molecule has 0 radical (unpaired) electrons. The van der Waals surface area contributed by atoms with E-state index in [1.54, 1.807) is 19.0 Å². The first-order valence-corrected chi connectivity index (χ1v) is 10.2. The third-order valence-electron chi connectivity index (χ3n) is 4.99. The molecular weight excluding hydrogens is 378 g/mol. The lowest BCUT2D eigenvalue weighted by Crippen LogP contribution is -2.40. The third kappa shape index (κ3) is 5.37. The minimum absolute atomic E-state index is 0.0168. The highest BCUT2D eigenvalue weighted by atomic mass is 16.2. The smallest absolute Gasteiger partial charge is 0.253 e. The largest absolute Gasteiger partial charge is 0.357 e. The van der Waals surface area contributed by atoms with E-state index >= 15 is 0 Å². The van der Waals surface area contributed by atoms with Gasteiger partial charge < -0.3 is 20.9 Å². The first-order chi connectivity index (χ1) is 14.5. The molecule has 1 heterocycles. The lowest BCUT2D eigenvalue weighted by Gasteiger charge is -2.26. The molecule has 1 unspecified atom stereocenters. The Kier molecular flexibility index (Phi) is 7.06. The minimum Gasteiger partial charge on any atom is -0.357 e. The van der Waals surface area contributed by atoms with Crippen molar-refractivity contribution in [2.24, 2.45) is 4.99 Å². The van der Waals surface area contributed by atoms with Crippen molar-refractivity contribution in [1.82, 2.24) is 15.5 Å². The number of nitrogens with one attached hydrogen (secondary N) is 3. The number of fused-ring (bicyclic) bond motifs is 1. The van der Waals surface area contributed by atoms with Gasteiger partial charge in [-0.15, -0.1) is 0 Å². The molecule has 2 aromatic carbocycles. The maximum atomic E-state index is 12.0. The molecule has 0 fully saturated rings. The Morgan fingerprint density at radius 2 is 1.87 bits per heavy atom. The van der Waals surface area contributed by atoms with Crippen LogP contribution in [0.25, 0.3) is 0 Å². The SMILES string of the molecule is CCNC(=NCc1ccc(C(=O)N(C)C)cc1)NCC1CC(=O)Nc2ccccc21. The summed E-state index contributed by atoms with van der Waals surface area (Å²) in [6, 6.07) is 15.4. The summed E-state index contributed by atoms with van der Waals surface area (Å²) in [6.45, 7) is 3.87. The average molecular weight is 408 g/mol. The van der Waals surface area contributed by atoms with Gasteiger partial charge >= 0.3 is 0 Å². The second kappa shape index (κ2) is 9.91. The number of guanidine groups is 1. The molecule has 2 amide bonds. The van der Waals surface area contributed by atoms with Crippen LogP contribution >= 0.6 is 0 Å². The maximum absolute atomic E-state index is 12.0. The number of para-hydroxylation sites is 1. The number of amides is 2. The van der Waals surface area contributed by atoms with Crippen LogP contribution in [0.2, 0.25) is 0 Å². The molecule has 0 spiro atoms. The predicted octanol–water partition coefficient (Wildman–Crippen LogP) is 2.57. The van der Waals surface area contributed by atoms with Crippen LogP contribution in [0.3, 0.4) is 0 Å². The van der Waals surface area contributed by atoms with Gasteiger partial charge in [0.2, 0.25) is 5.91 Å². The number of rotatable bonds is 6. The number of benzene rings is 2. The Bertz CT molecular complexity index is 921. The molecule has 0 aromatic heterocycles. The molecule has 1 aliphatic rings. The topological polar surface area (TPSA) is 85.8 Å². The average Bonchev–Trinajstić information content (AvgIpc) is 2.75. The zero-order valence-electron chi connectivity index (χ0n) is 17.7. The van der Waals surface area contributed by atoms with Gasteiger partial charge in [-0.25, -0.2) is 4.99 Å². The van der Waals surface area contributed by atoms with E-state index < -0.39 is 0 Å². The highest BCUT2D eigenvalue weighted by molar-refractivity contribution is 5.95. The Labute approximate surface area is 177 Å². The number of nitrogens with zero attached hydrogens (tertiary/aromatic N) is 2. The van der Waals surface area contributed by atoms with Gasteiger partial charge in [0.15, 0.2) is 5.96 Å². The van der Waals surface area contributed by atoms with Crippen molar-refractivity contribution in [2.75, 3.05) is 32.5 Å². The van der Waals surface area contributed by atoms with Gasteiger partial charge in [0, 0.05) is 50.8 Å². The van der Waals surface area contributed by atoms with Crippen LogP contribution in [0.4, 0.5) is 5.69 Å². The van der Waals surface area contributed by atoms with Crippen LogP contribution in [0.1, 0.15) is 40.7 Å². The molecule has 0 saturated heterocycles. The van der Waals surface area contributed by atoms with Crippen LogP contribution < -0.4 is 16.0 Å². The zero-order valence-corrected chi connectivity index (χ0v) is 17.7. The van der Waals surface area contributed by atoms with Crippen molar-refractivity contribution in [3.8, 4) is 0 Å². The Morgan fingerprint density at radius 1 is 1.13 bits per heavy atom. The number of aliphatic imine (C=N–C) groups is 1. The fourth-order valence-corrected chi connectivity index (χ4v) is 3.43. The fraction of sp³-hybridized carbons (Fsp3) is 0.348. The summed E-state index contributed by atoms with van der Waals surface area (Å²) < 4.78 is 0. The summed E-state index contributed by atoms with van der Waals surface area (Å²) >= 11 is 0. The standard InChI is InChI=1S/C23H29N5O2/c1-4-24-23(25-14-16-9-11-17(12-10-16)22(30)28(2)3)26-15-18-13-21(29)27-20-8-6-5-7-19(18)20/h5-12,18H,4,13-15H2,1-3H3,(H,27,29)(H2,24,25,26). The molecule has 3 N–H and O–H groups in total. The van der Waals surface area contributed by atoms with Crippen molar-refractivity contribution in [2.45, 2.75) is 25.8 Å². The van der Waals surface area contributed by atoms with E-state index in [9.17, 15) is 9.59 Å². The third-order valence-corrected chi connectivity index (χ3v) is 4.99. The summed E-state index contributed by atoms with van der Waals surface area (Å²) in [5.41, 5.74) is 3.70. The Morgan fingerprint density at radius 3 is 2.57 bits per heavy atom. The van der Waals surface area contributed by atoms with Crippen molar-refractivity contribution >= 4 is 23.5 Å². The predicted molar refractivity (Wildman–Crippen MR) is 120 cm³/mol. The van der Waals surface area contributed by atoms with Crippen molar-refractivity contribution in [1.29, 1.82) is 0 Å². The van der Waals surface area contributed by atoms with E-state index in [1.807, 2.05) is 49.4 Å². The van der Waals surface area contributed by atoms with Gasteiger partial charge in [-0.1, -0.05) is 30.3 Å². The van der Waals surface area contributed by atoms with Gasteiger partial charge in [0.25, 0.3) is 5.91 Å². The second-order valence-electron chi connectivity index (χ2n) is 7.51. The van der Waals surface area contributed by atoms with Gasteiger partial charge in [0.1, 0.15) is 0 Å². The molecule has 7 nitrogen and oxygen atoms in total. The van der Waals surface area contributed by atoms with Crippen LogP contribution in [-0.4, -0.2) is 49.9 Å². The van der Waals surface area contributed by atoms with Gasteiger partial charge in [-0.3, -0.25) is 9.59 Å². The summed E-state index contributed by atoms with van der Waals surface area (Å²) in [5, 5.41) is 9.54. The molecular formula is C23H29N5O2. The van der Waals surface area contributed by atoms with E-state index in [-0.39, 0.29) is 17.7 Å². The molecule has 7 heteroatoms. The van der Waals surface area contributed by atoms with E-state index in [0.29, 0.717) is 31.0 Å². The van der Waals surface area contributed by atoms with E-state index in [4.69, 9.17) is 0 Å². The highest BCUT2D eigenvalue weighted by Gasteiger charge is 2.24. The van der Waals surface area contributed by atoms with Crippen molar-refractivity contribution in [3.05, 3.63) is 65.2 Å². The van der Waals surface area contributed by atoms with Crippen molar-refractivity contribution in [3.63, 3.8) is 0 Å². The van der Waals surface area contributed by atoms with Gasteiger partial charge in [-0.2, -0.15) is 0 Å². The lowest BCUT2D eigenvalue weighted by atomic mass is 9.90. The van der Waals surface area contributed by atoms with E-state index in [0.717, 1.165) is 23.4 Å². The van der Waals surface area contributed by atoms with E-state index in [1.165, 1.54) is 0 Å². The van der Waals surface area contributed by atoms with Crippen LogP contribution in [-0.2, 0) is 11.3 Å². The first kappa shape index (κ1) is 21.4. The summed E-state index contributed by atoms with van der Waals surface area (Å²) in [4.78, 5) is 30.2. The summed E-state index contributed by atoms with van der Waals surface area (Å²) in [5.74, 6) is 0.816. The molecule has 0 bridgehead atoms. The lowest BCUT2D eigenvalue weighted by molar-refractivity contribution is -0.116. The zero-order chi connectivity index (χ0) is 21.5. The Balaban J connectivity index is 1.64. The van der Waals surface area contributed by atoms with Gasteiger partial charge in [0.05, 0.1) is 6.54 Å². The monoisotopic (exact) mass is 407 g/mol. The highest BCUT2D eigenvalue weighted by Crippen LogP contribution is 2.31. The summed E-state index contributed by atoms with van der Waals surface area (Å²) in [6.07, 6.45) is 0.449. The van der Waals surface area contributed by atoms with Crippen LogP contribution in [0, 0.1) is 0 Å². The number of carbonyl (C=O) groups is 2. The molecule has 3 rings (SSSR count). The van der Waals surface area contributed by atoms with E-state index in [2.05, 4.69) is 27.0 Å². The molecule has 30 heavy (non-hydrogen) atoms. The number of hydrogen-bond donors (Lipinski definition) is 3. The first-order valence-electron chi connectivity index (χ1n) is 10.2. The number of anilines is 1. The Hall–Kier alpha value is -3.35. The minimum atomic E-state index is -0.0168. The molecule has 158 valence electrons. The molecule has 1 aliphatic heterocycles. The maximum Gasteiger partial charge on any atom is 0.253 e. The van der Waals surface area contributed by atoms with Gasteiger partial charge in [-0.05, 0) is 36.2 Å². The van der Waals surface area contributed by atoms with Crippen LogP contribution in [0.5, 0.6) is 0 Å². The second-order valence-corrected chi connectivity index (χ2v) is 7.51. The van der Waals surface area contributed by atoms with Crippen molar-refractivity contribution < 1.29 is 9.59 Å². The fourth-order valence-electron chi connectivity index (χ4n) is 3.43. The molecule has 2 aromatic rings. The normalized spacial score (nSPS) is 15.8. The van der Waals surface area contributed by atoms with Crippen LogP contribution in [0.15, 0.2) is 53.5 Å². The molecule has 0 aliphatic carbocycles. The summed E-state index contributed by atoms with van der Waals surface area (Å²) in [7, 11) is 3.48. The number of carbonyl (C=O) groups excluding carboxylic acids is 2. The molecule has 0 saturated carbocycles. The quantitative estimate of drug-likeness (QED) is 0.507.